The zero-order valence-electron chi connectivity index (χ0n) is 8.87. The van der Waals surface area contributed by atoms with Crippen molar-refractivity contribution in [1.29, 1.82) is 0 Å². The fourth-order valence-electron chi connectivity index (χ4n) is 2.16. The maximum Gasteiger partial charge on any atom is 0.207 e. The molecule has 15 heavy (non-hydrogen) atoms. The van der Waals surface area contributed by atoms with E-state index in [-0.39, 0.29) is 6.35 Å². The van der Waals surface area contributed by atoms with Crippen molar-refractivity contribution in [3.8, 4) is 0 Å². The van der Waals surface area contributed by atoms with Gasteiger partial charge in [-0.25, -0.2) is 0 Å². The third-order valence-corrected chi connectivity index (χ3v) is 3.19. The fourth-order valence-corrected chi connectivity index (χ4v) is 2.16. The van der Waals surface area contributed by atoms with Crippen LogP contribution in [0.3, 0.4) is 0 Å². The molecule has 0 spiro atoms. The summed E-state index contributed by atoms with van der Waals surface area (Å²) in [6.07, 6.45) is 5.74. The lowest BCUT2D eigenvalue weighted by molar-refractivity contribution is -0.110. The van der Waals surface area contributed by atoms with Crippen molar-refractivity contribution in [3.63, 3.8) is 0 Å². The summed E-state index contributed by atoms with van der Waals surface area (Å²) in [6.45, 7) is 1.67. The van der Waals surface area contributed by atoms with Crippen LogP contribution < -0.4 is 16.0 Å². The molecule has 0 unspecified atom stereocenters. The molecule has 2 aliphatic rings. The van der Waals surface area contributed by atoms with Crippen molar-refractivity contribution in [1.82, 2.24) is 16.0 Å². The molecule has 2 rings (SSSR count). The van der Waals surface area contributed by atoms with Gasteiger partial charge in [-0.2, -0.15) is 0 Å². The van der Waals surface area contributed by atoms with E-state index in [4.69, 9.17) is 4.74 Å². The highest BCUT2D eigenvalue weighted by Crippen LogP contribution is 2.26. The van der Waals surface area contributed by atoms with Gasteiger partial charge in [-0.3, -0.25) is 15.4 Å². The third kappa shape index (κ3) is 3.15. The molecule has 0 atom stereocenters. The second-order valence-corrected chi connectivity index (χ2v) is 4.27. The smallest absolute Gasteiger partial charge is 0.207 e. The molecule has 5 nitrogen and oxygen atoms in total. The van der Waals surface area contributed by atoms with Crippen LogP contribution in [0.4, 0.5) is 0 Å². The Hall–Kier alpha value is -0.650. The molecule has 86 valence electrons. The lowest BCUT2D eigenvalue weighted by Gasteiger charge is -2.36. The number of carbonyl (C=O) groups excluding carboxylic acids is 1. The highest BCUT2D eigenvalue weighted by atomic mass is 16.5. The molecule has 1 saturated carbocycles. The van der Waals surface area contributed by atoms with E-state index in [2.05, 4.69) is 16.0 Å². The third-order valence-electron chi connectivity index (χ3n) is 3.19. The standard InChI is InChI=1S/C10H19N3O2/c14-7-11-5-8-1-3-9(4-2-8)15-10-12-6-13-10/h7-10,12-13H,1-6H2,(H,11,14)/t8-,9+. The maximum absolute atomic E-state index is 10.2. The number of hydrogen-bond acceptors (Lipinski definition) is 4. The summed E-state index contributed by atoms with van der Waals surface area (Å²) < 4.78 is 5.77. The van der Waals surface area contributed by atoms with E-state index in [9.17, 15) is 4.79 Å². The van der Waals surface area contributed by atoms with Crippen LogP contribution in [0.5, 0.6) is 0 Å². The van der Waals surface area contributed by atoms with Gasteiger partial charge in [0.25, 0.3) is 0 Å². The van der Waals surface area contributed by atoms with Gasteiger partial charge in [0.15, 0.2) is 6.35 Å². The Morgan fingerprint density at radius 3 is 2.53 bits per heavy atom. The highest BCUT2D eigenvalue weighted by molar-refractivity contribution is 5.45. The largest absolute Gasteiger partial charge is 0.358 e. The Labute approximate surface area is 89.9 Å². The predicted molar refractivity (Wildman–Crippen MR) is 55.8 cm³/mol. The van der Waals surface area contributed by atoms with Crippen LogP contribution in [0, 0.1) is 5.92 Å². The maximum atomic E-state index is 10.2. The molecule has 0 bridgehead atoms. The Balaban J connectivity index is 1.60. The molecule has 1 amide bonds. The van der Waals surface area contributed by atoms with Gasteiger partial charge in [0.2, 0.25) is 6.41 Å². The Morgan fingerprint density at radius 2 is 2.00 bits per heavy atom. The number of ether oxygens (including phenoxy) is 1. The van der Waals surface area contributed by atoms with Crippen molar-refractivity contribution in [2.45, 2.75) is 38.1 Å². The van der Waals surface area contributed by atoms with Crippen LogP contribution >= 0.6 is 0 Å². The van der Waals surface area contributed by atoms with E-state index in [1.54, 1.807) is 0 Å². The van der Waals surface area contributed by atoms with Crippen molar-refractivity contribution in [2.24, 2.45) is 5.92 Å². The number of hydrogen-bond donors (Lipinski definition) is 3. The Kier molecular flexibility index (Phi) is 3.94. The second kappa shape index (κ2) is 5.44. The van der Waals surface area contributed by atoms with Crippen LogP contribution in [-0.4, -0.2) is 32.1 Å². The van der Waals surface area contributed by atoms with E-state index < -0.39 is 0 Å². The summed E-state index contributed by atoms with van der Waals surface area (Å²) in [5.41, 5.74) is 0. The molecule has 0 aromatic rings. The molecule has 1 aliphatic heterocycles. The summed E-state index contributed by atoms with van der Waals surface area (Å²) in [5, 5.41) is 9.04. The van der Waals surface area contributed by atoms with Crippen LogP contribution in [0.25, 0.3) is 0 Å². The highest BCUT2D eigenvalue weighted by Gasteiger charge is 2.25. The first kappa shape index (κ1) is 10.9. The van der Waals surface area contributed by atoms with Crippen molar-refractivity contribution in [2.75, 3.05) is 13.2 Å². The molecule has 0 aromatic carbocycles. The van der Waals surface area contributed by atoms with Gasteiger partial charge in [-0.15, -0.1) is 0 Å². The molecular formula is C10H19N3O2. The molecule has 1 aliphatic carbocycles. The number of amides is 1. The second-order valence-electron chi connectivity index (χ2n) is 4.27. The van der Waals surface area contributed by atoms with Gasteiger partial charge in [0.05, 0.1) is 12.8 Å². The van der Waals surface area contributed by atoms with Gasteiger partial charge < -0.3 is 10.1 Å². The van der Waals surface area contributed by atoms with Crippen molar-refractivity contribution < 1.29 is 9.53 Å². The monoisotopic (exact) mass is 213 g/mol. The number of rotatable bonds is 5. The minimum atomic E-state index is 0.0691. The van der Waals surface area contributed by atoms with E-state index in [0.717, 1.165) is 45.3 Å². The van der Waals surface area contributed by atoms with Crippen molar-refractivity contribution in [3.05, 3.63) is 0 Å². The average Bonchev–Trinajstić information content (AvgIpc) is 2.22. The summed E-state index contributed by atoms with van der Waals surface area (Å²) in [6, 6.07) is 0. The van der Waals surface area contributed by atoms with Crippen LogP contribution in [0.15, 0.2) is 0 Å². The first-order valence-corrected chi connectivity index (χ1v) is 5.68. The molecule has 5 heteroatoms. The minimum Gasteiger partial charge on any atom is -0.358 e. The van der Waals surface area contributed by atoms with Crippen LogP contribution in [0.1, 0.15) is 25.7 Å². The molecule has 1 saturated heterocycles. The minimum absolute atomic E-state index is 0.0691. The molecular weight excluding hydrogens is 194 g/mol. The van der Waals surface area contributed by atoms with Crippen LogP contribution in [-0.2, 0) is 9.53 Å². The Bertz CT molecular complexity index is 201. The molecule has 1 heterocycles. The van der Waals surface area contributed by atoms with Crippen molar-refractivity contribution >= 4 is 6.41 Å². The number of carbonyl (C=O) groups is 1. The van der Waals surface area contributed by atoms with Gasteiger partial charge in [-0.05, 0) is 31.6 Å². The van der Waals surface area contributed by atoms with E-state index in [1.807, 2.05) is 0 Å². The molecule has 0 aromatic heterocycles. The topological polar surface area (TPSA) is 62.4 Å². The van der Waals surface area contributed by atoms with E-state index in [1.165, 1.54) is 0 Å². The van der Waals surface area contributed by atoms with Gasteiger partial charge in [0, 0.05) is 6.54 Å². The molecule has 0 radical (unpaired) electrons. The fraction of sp³-hybridized carbons (Fsp3) is 0.900. The first-order chi connectivity index (χ1) is 7.38. The summed E-state index contributed by atoms with van der Waals surface area (Å²) in [7, 11) is 0. The summed E-state index contributed by atoms with van der Waals surface area (Å²) in [4.78, 5) is 10.2. The summed E-state index contributed by atoms with van der Waals surface area (Å²) in [5.74, 6) is 0.636. The normalized spacial score (nSPS) is 32.0. The molecule has 2 fully saturated rings. The lowest BCUT2D eigenvalue weighted by Crippen LogP contribution is -2.61. The summed E-state index contributed by atoms with van der Waals surface area (Å²) >= 11 is 0. The Morgan fingerprint density at radius 1 is 1.27 bits per heavy atom. The van der Waals surface area contributed by atoms with Gasteiger partial charge in [-0.1, -0.05) is 0 Å². The molecule has 3 N–H and O–H groups in total. The quantitative estimate of drug-likeness (QED) is 0.551. The van der Waals surface area contributed by atoms with E-state index >= 15 is 0 Å². The van der Waals surface area contributed by atoms with Crippen LogP contribution in [0.2, 0.25) is 0 Å². The van der Waals surface area contributed by atoms with Gasteiger partial charge in [0.1, 0.15) is 0 Å². The number of nitrogens with one attached hydrogen (secondary N) is 3. The predicted octanol–water partition coefficient (Wildman–Crippen LogP) is -0.258. The average molecular weight is 213 g/mol. The zero-order valence-corrected chi connectivity index (χ0v) is 8.87. The first-order valence-electron chi connectivity index (χ1n) is 5.68. The van der Waals surface area contributed by atoms with E-state index in [0.29, 0.717) is 12.0 Å². The lowest BCUT2D eigenvalue weighted by atomic mass is 9.87. The van der Waals surface area contributed by atoms with Gasteiger partial charge >= 0.3 is 0 Å². The SMILES string of the molecule is O=CNC[C@H]1CC[C@@H](OC2NCN2)CC1. The zero-order chi connectivity index (χ0) is 10.5.